The molecule has 1 fully saturated rings. The van der Waals surface area contributed by atoms with Crippen LogP contribution in [0.5, 0.6) is 0 Å². The van der Waals surface area contributed by atoms with Gasteiger partial charge in [-0.3, -0.25) is 0 Å². The van der Waals surface area contributed by atoms with E-state index in [1.165, 1.54) is 36.2 Å². The van der Waals surface area contributed by atoms with Gasteiger partial charge in [-0.1, -0.05) is 13.0 Å². The van der Waals surface area contributed by atoms with E-state index in [2.05, 4.69) is 44.0 Å². The Morgan fingerprint density at radius 3 is 2.67 bits per heavy atom. The highest BCUT2D eigenvalue weighted by molar-refractivity contribution is 5.50. The molecule has 2 N–H and O–H groups in total. The Hall–Kier alpha value is -1.02. The average Bonchev–Trinajstić information content (AvgIpc) is 3.15. The summed E-state index contributed by atoms with van der Waals surface area (Å²) in [6.45, 7) is 5.55. The molecule has 2 rings (SSSR count). The number of nitrogens with zero attached hydrogens (tertiary/aromatic N) is 1. The minimum Gasteiger partial charge on any atom is -0.374 e. The zero-order valence-electron chi connectivity index (χ0n) is 11.9. The Morgan fingerprint density at radius 1 is 1.39 bits per heavy atom. The Labute approximate surface area is 111 Å². The minimum atomic E-state index is 0.291. The summed E-state index contributed by atoms with van der Waals surface area (Å²) in [5.74, 6) is 0.934. The number of hydrogen-bond donors (Lipinski definition) is 1. The van der Waals surface area contributed by atoms with Gasteiger partial charge >= 0.3 is 0 Å². The molecule has 0 saturated heterocycles. The minimum absolute atomic E-state index is 0.291. The molecule has 1 aliphatic carbocycles. The number of benzene rings is 1. The summed E-state index contributed by atoms with van der Waals surface area (Å²) in [6.07, 6.45) is 4.86. The Kier molecular flexibility index (Phi) is 4.28. The molecule has 1 aromatic carbocycles. The molecule has 2 nitrogen and oxygen atoms in total. The van der Waals surface area contributed by atoms with Crippen molar-refractivity contribution >= 4 is 5.69 Å². The van der Waals surface area contributed by atoms with Gasteiger partial charge in [0.15, 0.2) is 0 Å². The molecule has 0 spiro atoms. The third-order valence-electron chi connectivity index (χ3n) is 4.00. The number of anilines is 1. The van der Waals surface area contributed by atoms with Gasteiger partial charge in [-0.25, -0.2) is 0 Å². The van der Waals surface area contributed by atoms with Gasteiger partial charge in [0.05, 0.1) is 0 Å². The van der Waals surface area contributed by atoms with E-state index in [0.29, 0.717) is 6.04 Å². The number of hydrogen-bond acceptors (Lipinski definition) is 2. The van der Waals surface area contributed by atoms with Crippen molar-refractivity contribution in [3.63, 3.8) is 0 Å². The van der Waals surface area contributed by atoms with Crippen LogP contribution in [0.25, 0.3) is 0 Å². The van der Waals surface area contributed by atoms with Crippen LogP contribution in [0.4, 0.5) is 5.69 Å². The molecule has 0 aliphatic heterocycles. The summed E-state index contributed by atoms with van der Waals surface area (Å²) in [6, 6.07) is 7.09. The highest BCUT2D eigenvalue weighted by Crippen LogP contribution is 2.31. The van der Waals surface area contributed by atoms with Gasteiger partial charge in [0.2, 0.25) is 0 Å². The molecule has 0 radical (unpaired) electrons. The average molecular weight is 246 g/mol. The summed E-state index contributed by atoms with van der Waals surface area (Å²) in [4.78, 5) is 2.38. The van der Waals surface area contributed by atoms with Gasteiger partial charge < -0.3 is 10.6 Å². The summed E-state index contributed by atoms with van der Waals surface area (Å²) < 4.78 is 0. The van der Waals surface area contributed by atoms with Crippen LogP contribution in [0.2, 0.25) is 0 Å². The summed E-state index contributed by atoms with van der Waals surface area (Å²) in [7, 11) is 2.20. The SMILES string of the molecule is CCC(N)Cc1ccc(N(C)CC2CC2)cc1C. The normalized spacial score (nSPS) is 16.7. The van der Waals surface area contributed by atoms with Gasteiger partial charge in [-0.05, 0) is 61.8 Å². The summed E-state index contributed by atoms with van der Waals surface area (Å²) in [5, 5.41) is 0. The Bertz CT molecular complexity index is 396. The van der Waals surface area contributed by atoms with Crippen LogP contribution < -0.4 is 10.6 Å². The molecule has 100 valence electrons. The largest absolute Gasteiger partial charge is 0.374 e. The van der Waals surface area contributed by atoms with E-state index < -0.39 is 0 Å². The lowest BCUT2D eigenvalue weighted by molar-refractivity contribution is 0.644. The number of nitrogens with two attached hydrogens (primary N) is 1. The quantitative estimate of drug-likeness (QED) is 0.835. The second kappa shape index (κ2) is 5.75. The fraction of sp³-hybridized carbons (Fsp3) is 0.625. The molecule has 1 aliphatic rings. The predicted molar refractivity (Wildman–Crippen MR) is 79.1 cm³/mol. The van der Waals surface area contributed by atoms with Crippen molar-refractivity contribution in [2.24, 2.45) is 11.7 Å². The van der Waals surface area contributed by atoms with Crippen LogP contribution in [0, 0.1) is 12.8 Å². The summed E-state index contributed by atoms with van der Waals surface area (Å²) >= 11 is 0. The van der Waals surface area contributed by atoms with Gasteiger partial charge in [0, 0.05) is 25.3 Å². The Balaban J connectivity index is 2.03. The first-order valence-corrected chi connectivity index (χ1v) is 7.16. The van der Waals surface area contributed by atoms with E-state index in [-0.39, 0.29) is 0 Å². The zero-order chi connectivity index (χ0) is 13.1. The van der Waals surface area contributed by atoms with Crippen molar-refractivity contribution in [3.05, 3.63) is 29.3 Å². The zero-order valence-corrected chi connectivity index (χ0v) is 11.9. The van der Waals surface area contributed by atoms with E-state index >= 15 is 0 Å². The van der Waals surface area contributed by atoms with E-state index in [1.54, 1.807) is 0 Å². The first-order valence-electron chi connectivity index (χ1n) is 7.16. The maximum Gasteiger partial charge on any atom is 0.0366 e. The smallest absolute Gasteiger partial charge is 0.0366 e. The monoisotopic (exact) mass is 246 g/mol. The molecular formula is C16H26N2. The molecule has 18 heavy (non-hydrogen) atoms. The number of rotatable bonds is 6. The van der Waals surface area contributed by atoms with Gasteiger partial charge in [0.25, 0.3) is 0 Å². The lowest BCUT2D eigenvalue weighted by Crippen LogP contribution is -2.22. The second-order valence-electron chi connectivity index (χ2n) is 5.81. The molecule has 0 amide bonds. The second-order valence-corrected chi connectivity index (χ2v) is 5.81. The molecule has 1 saturated carbocycles. The lowest BCUT2D eigenvalue weighted by atomic mass is 9.99. The molecule has 2 heteroatoms. The van der Waals surface area contributed by atoms with Gasteiger partial charge in [-0.15, -0.1) is 0 Å². The van der Waals surface area contributed by atoms with Crippen molar-refractivity contribution in [1.29, 1.82) is 0 Å². The third-order valence-corrected chi connectivity index (χ3v) is 4.00. The standard InChI is InChI=1S/C16H26N2/c1-4-15(17)10-14-7-8-16(9-12(14)2)18(3)11-13-5-6-13/h7-9,13,15H,4-6,10-11,17H2,1-3H3. The van der Waals surface area contributed by atoms with Crippen molar-refractivity contribution in [2.75, 3.05) is 18.5 Å². The fourth-order valence-corrected chi connectivity index (χ4v) is 2.37. The molecular weight excluding hydrogens is 220 g/mol. The van der Waals surface area contributed by atoms with E-state index in [1.807, 2.05) is 0 Å². The third kappa shape index (κ3) is 3.49. The van der Waals surface area contributed by atoms with Crippen molar-refractivity contribution in [2.45, 2.75) is 45.6 Å². The fourth-order valence-electron chi connectivity index (χ4n) is 2.37. The van der Waals surface area contributed by atoms with Crippen LogP contribution in [-0.2, 0) is 6.42 Å². The van der Waals surface area contributed by atoms with E-state index in [9.17, 15) is 0 Å². The maximum absolute atomic E-state index is 6.04. The topological polar surface area (TPSA) is 29.3 Å². The summed E-state index contributed by atoms with van der Waals surface area (Å²) in [5.41, 5.74) is 10.1. The van der Waals surface area contributed by atoms with Gasteiger partial charge in [0.1, 0.15) is 0 Å². The van der Waals surface area contributed by atoms with Crippen LogP contribution in [-0.4, -0.2) is 19.6 Å². The number of aryl methyl sites for hydroxylation is 1. The molecule has 1 aromatic rings. The predicted octanol–water partition coefficient (Wildman–Crippen LogP) is 3.12. The van der Waals surface area contributed by atoms with Crippen LogP contribution in [0.1, 0.15) is 37.3 Å². The first-order chi connectivity index (χ1) is 8.60. The molecule has 0 heterocycles. The molecule has 0 bridgehead atoms. The van der Waals surface area contributed by atoms with Crippen molar-refractivity contribution < 1.29 is 0 Å². The van der Waals surface area contributed by atoms with Gasteiger partial charge in [-0.2, -0.15) is 0 Å². The highest BCUT2D eigenvalue weighted by atomic mass is 15.1. The maximum atomic E-state index is 6.04. The van der Waals surface area contributed by atoms with Crippen molar-refractivity contribution in [1.82, 2.24) is 0 Å². The van der Waals surface area contributed by atoms with Crippen LogP contribution >= 0.6 is 0 Å². The molecule has 1 atom stereocenters. The van der Waals surface area contributed by atoms with E-state index in [4.69, 9.17) is 5.73 Å². The lowest BCUT2D eigenvalue weighted by Gasteiger charge is -2.21. The molecule has 1 unspecified atom stereocenters. The Morgan fingerprint density at radius 2 is 2.11 bits per heavy atom. The highest BCUT2D eigenvalue weighted by Gasteiger charge is 2.23. The first kappa shape index (κ1) is 13.4. The van der Waals surface area contributed by atoms with Crippen molar-refractivity contribution in [3.8, 4) is 0 Å². The van der Waals surface area contributed by atoms with E-state index in [0.717, 1.165) is 18.8 Å². The van der Waals surface area contributed by atoms with Crippen LogP contribution in [0.15, 0.2) is 18.2 Å². The molecule has 0 aromatic heterocycles. The van der Waals surface area contributed by atoms with Crippen LogP contribution in [0.3, 0.4) is 0 Å².